The van der Waals surface area contributed by atoms with Crippen LogP contribution < -0.4 is 9.47 Å². The standard InChI is InChI=1S/C22H28N2O3/c1-16(2)19(18-4-5-20-21(14-18)27-13-12-26-20)15-22(25)24(3)11-8-17-6-9-23-10-7-17/h4-7,9-10,14,16,19H,8,11-13,15H2,1-3H3. The molecule has 1 unspecified atom stereocenters. The molecule has 1 aromatic carbocycles. The van der Waals surface area contributed by atoms with Crippen molar-refractivity contribution in [3.8, 4) is 11.5 Å². The number of hydrogen-bond donors (Lipinski definition) is 0. The molecule has 3 rings (SSSR count). The fraction of sp³-hybridized carbons (Fsp3) is 0.455. The van der Waals surface area contributed by atoms with Crippen LogP contribution in [0.25, 0.3) is 0 Å². The lowest BCUT2D eigenvalue weighted by Crippen LogP contribution is -2.30. The number of fused-ring (bicyclic) bond motifs is 1. The fourth-order valence-electron chi connectivity index (χ4n) is 3.34. The van der Waals surface area contributed by atoms with Gasteiger partial charge in [-0.3, -0.25) is 9.78 Å². The van der Waals surface area contributed by atoms with E-state index in [4.69, 9.17) is 9.47 Å². The van der Waals surface area contributed by atoms with Crippen molar-refractivity contribution in [1.29, 1.82) is 0 Å². The maximum absolute atomic E-state index is 12.8. The summed E-state index contributed by atoms with van der Waals surface area (Å²) in [5.74, 6) is 2.23. The zero-order chi connectivity index (χ0) is 19.2. The van der Waals surface area contributed by atoms with Gasteiger partial charge in [0, 0.05) is 32.4 Å². The monoisotopic (exact) mass is 368 g/mol. The van der Waals surface area contributed by atoms with Gasteiger partial charge in [0.05, 0.1) is 0 Å². The summed E-state index contributed by atoms with van der Waals surface area (Å²) in [5.41, 5.74) is 2.32. The summed E-state index contributed by atoms with van der Waals surface area (Å²) < 4.78 is 11.3. The molecule has 144 valence electrons. The molecule has 5 heteroatoms. The van der Waals surface area contributed by atoms with Gasteiger partial charge in [-0.25, -0.2) is 0 Å². The van der Waals surface area contributed by atoms with Gasteiger partial charge in [-0.1, -0.05) is 19.9 Å². The van der Waals surface area contributed by atoms with Gasteiger partial charge in [-0.15, -0.1) is 0 Å². The molecule has 0 spiro atoms. The summed E-state index contributed by atoms with van der Waals surface area (Å²) in [7, 11) is 1.88. The summed E-state index contributed by atoms with van der Waals surface area (Å²) in [4.78, 5) is 18.7. The van der Waals surface area contributed by atoms with Gasteiger partial charge in [-0.2, -0.15) is 0 Å². The van der Waals surface area contributed by atoms with Crippen LogP contribution in [0, 0.1) is 5.92 Å². The minimum Gasteiger partial charge on any atom is -0.486 e. The van der Waals surface area contributed by atoms with E-state index in [9.17, 15) is 4.79 Å². The second kappa shape index (κ2) is 8.89. The minimum atomic E-state index is 0.150. The highest BCUT2D eigenvalue weighted by Crippen LogP contribution is 2.36. The molecule has 2 aromatic rings. The van der Waals surface area contributed by atoms with E-state index in [0.29, 0.717) is 32.1 Å². The third kappa shape index (κ3) is 5.00. The highest BCUT2D eigenvalue weighted by molar-refractivity contribution is 5.77. The van der Waals surface area contributed by atoms with E-state index >= 15 is 0 Å². The number of rotatable bonds is 7. The molecule has 1 aliphatic rings. The summed E-state index contributed by atoms with van der Waals surface area (Å²) in [6.07, 6.45) is 4.90. The Hall–Kier alpha value is -2.56. The first kappa shape index (κ1) is 19.2. The largest absolute Gasteiger partial charge is 0.486 e. The number of nitrogens with zero attached hydrogens (tertiary/aromatic N) is 2. The van der Waals surface area contributed by atoms with Crippen LogP contribution in [-0.4, -0.2) is 42.6 Å². The highest BCUT2D eigenvalue weighted by Gasteiger charge is 2.23. The van der Waals surface area contributed by atoms with Crippen molar-refractivity contribution < 1.29 is 14.3 Å². The number of hydrogen-bond acceptors (Lipinski definition) is 4. The molecule has 0 fully saturated rings. The van der Waals surface area contributed by atoms with Crippen LogP contribution in [0.3, 0.4) is 0 Å². The summed E-state index contributed by atoms with van der Waals surface area (Å²) in [6.45, 7) is 6.17. The predicted molar refractivity (Wildman–Crippen MR) is 105 cm³/mol. The van der Waals surface area contributed by atoms with E-state index in [0.717, 1.165) is 23.5 Å². The van der Waals surface area contributed by atoms with Crippen molar-refractivity contribution in [2.24, 2.45) is 5.92 Å². The second-order valence-electron chi connectivity index (χ2n) is 7.38. The zero-order valence-electron chi connectivity index (χ0n) is 16.4. The lowest BCUT2D eigenvalue weighted by molar-refractivity contribution is -0.130. The third-order valence-electron chi connectivity index (χ3n) is 5.10. The van der Waals surface area contributed by atoms with E-state index in [1.54, 1.807) is 12.4 Å². The van der Waals surface area contributed by atoms with Gasteiger partial charge in [0.2, 0.25) is 5.91 Å². The molecule has 0 saturated heterocycles. The Bertz CT molecular complexity index is 761. The molecule has 0 aliphatic carbocycles. The number of aromatic nitrogens is 1. The number of carbonyl (C=O) groups excluding carboxylic acids is 1. The Morgan fingerprint density at radius 1 is 1.11 bits per heavy atom. The molecule has 1 amide bonds. The molecule has 0 saturated carbocycles. The van der Waals surface area contributed by atoms with Crippen LogP contribution >= 0.6 is 0 Å². The van der Waals surface area contributed by atoms with Crippen LogP contribution in [-0.2, 0) is 11.2 Å². The van der Waals surface area contributed by atoms with Crippen LogP contribution in [0.5, 0.6) is 11.5 Å². The summed E-state index contributed by atoms with van der Waals surface area (Å²) in [6, 6.07) is 10.0. The Labute approximate surface area is 161 Å². The number of amides is 1. The number of carbonyl (C=O) groups is 1. The average molecular weight is 368 g/mol. The first-order valence-electron chi connectivity index (χ1n) is 9.57. The third-order valence-corrected chi connectivity index (χ3v) is 5.10. The van der Waals surface area contributed by atoms with Gasteiger partial charge < -0.3 is 14.4 Å². The molecule has 5 nitrogen and oxygen atoms in total. The van der Waals surface area contributed by atoms with Crippen LogP contribution in [0.4, 0.5) is 0 Å². The Balaban J connectivity index is 1.64. The van der Waals surface area contributed by atoms with Gasteiger partial charge >= 0.3 is 0 Å². The minimum absolute atomic E-state index is 0.150. The van der Waals surface area contributed by atoms with Crippen LogP contribution in [0.1, 0.15) is 37.3 Å². The Morgan fingerprint density at radius 3 is 2.52 bits per heavy atom. The van der Waals surface area contributed by atoms with E-state index in [-0.39, 0.29) is 11.8 Å². The fourth-order valence-corrected chi connectivity index (χ4v) is 3.34. The maximum Gasteiger partial charge on any atom is 0.222 e. The first-order valence-corrected chi connectivity index (χ1v) is 9.57. The molecule has 0 N–H and O–H groups in total. The number of benzene rings is 1. The average Bonchev–Trinajstić information content (AvgIpc) is 2.70. The van der Waals surface area contributed by atoms with E-state index in [1.165, 1.54) is 5.56 Å². The molecule has 1 aromatic heterocycles. The molecule has 0 radical (unpaired) electrons. The van der Waals surface area contributed by atoms with E-state index < -0.39 is 0 Å². The predicted octanol–water partition coefficient (Wildman–Crippen LogP) is 3.68. The quantitative estimate of drug-likeness (QED) is 0.748. The topological polar surface area (TPSA) is 51.7 Å². The van der Waals surface area contributed by atoms with Crippen molar-refractivity contribution in [3.05, 3.63) is 53.9 Å². The SMILES string of the molecule is CC(C)C(CC(=O)N(C)CCc1ccncc1)c1ccc2c(c1)OCCO2. The molecule has 1 aliphatic heterocycles. The van der Waals surface area contributed by atoms with Crippen molar-refractivity contribution >= 4 is 5.91 Å². The molecular weight excluding hydrogens is 340 g/mol. The second-order valence-corrected chi connectivity index (χ2v) is 7.38. The molecule has 1 atom stereocenters. The van der Waals surface area contributed by atoms with Crippen molar-refractivity contribution in [2.45, 2.75) is 32.6 Å². The van der Waals surface area contributed by atoms with Gasteiger partial charge in [0.1, 0.15) is 13.2 Å². The summed E-state index contributed by atoms with van der Waals surface area (Å²) in [5, 5.41) is 0. The van der Waals surface area contributed by atoms with Gasteiger partial charge in [0.15, 0.2) is 11.5 Å². The lowest BCUT2D eigenvalue weighted by atomic mass is 9.85. The Morgan fingerprint density at radius 2 is 1.81 bits per heavy atom. The number of likely N-dealkylation sites (N-methyl/N-ethyl adjacent to an activating group) is 1. The van der Waals surface area contributed by atoms with Gasteiger partial charge in [0.25, 0.3) is 0 Å². The molecular formula is C22H28N2O3. The lowest BCUT2D eigenvalue weighted by Gasteiger charge is -2.26. The smallest absolute Gasteiger partial charge is 0.222 e. The number of ether oxygens (including phenoxy) is 2. The maximum atomic E-state index is 12.8. The summed E-state index contributed by atoms with van der Waals surface area (Å²) >= 11 is 0. The van der Waals surface area contributed by atoms with E-state index in [2.05, 4.69) is 24.9 Å². The molecule has 2 heterocycles. The van der Waals surface area contributed by atoms with Crippen molar-refractivity contribution in [3.63, 3.8) is 0 Å². The van der Waals surface area contributed by atoms with Gasteiger partial charge in [-0.05, 0) is 53.6 Å². The highest BCUT2D eigenvalue weighted by atomic mass is 16.6. The van der Waals surface area contributed by atoms with Crippen LogP contribution in [0.15, 0.2) is 42.7 Å². The number of pyridine rings is 1. The van der Waals surface area contributed by atoms with E-state index in [1.807, 2.05) is 36.2 Å². The van der Waals surface area contributed by atoms with Crippen molar-refractivity contribution in [1.82, 2.24) is 9.88 Å². The first-order chi connectivity index (χ1) is 13.0. The van der Waals surface area contributed by atoms with Crippen LogP contribution in [0.2, 0.25) is 0 Å². The molecule has 0 bridgehead atoms. The normalized spacial score (nSPS) is 14.1. The molecule has 27 heavy (non-hydrogen) atoms. The zero-order valence-corrected chi connectivity index (χ0v) is 16.4. The van der Waals surface area contributed by atoms with Crippen molar-refractivity contribution in [2.75, 3.05) is 26.8 Å². The Kier molecular flexibility index (Phi) is 6.32.